The first kappa shape index (κ1) is 19.4. The lowest BCUT2D eigenvalue weighted by atomic mass is 10.1. The van der Waals surface area contributed by atoms with Crippen molar-refractivity contribution in [3.63, 3.8) is 0 Å². The molecule has 0 saturated heterocycles. The Morgan fingerprint density at radius 3 is 2.47 bits per heavy atom. The number of nitrogens with zero attached hydrogens (tertiary/aromatic N) is 2. The molecule has 4 aromatic rings. The van der Waals surface area contributed by atoms with Crippen molar-refractivity contribution in [2.45, 2.75) is 13.8 Å². The van der Waals surface area contributed by atoms with Gasteiger partial charge in [-0.2, -0.15) is 0 Å². The Morgan fingerprint density at radius 2 is 1.73 bits per heavy atom. The lowest BCUT2D eigenvalue weighted by Crippen LogP contribution is -2.22. The summed E-state index contributed by atoms with van der Waals surface area (Å²) >= 11 is 0. The molecule has 0 fully saturated rings. The van der Waals surface area contributed by atoms with Gasteiger partial charge in [0.2, 0.25) is 0 Å². The van der Waals surface area contributed by atoms with Crippen LogP contribution in [0, 0.1) is 13.8 Å². The molecule has 1 amide bonds. The van der Waals surface area contributed by atoms with Gasteiger partial charge in [0, 0.05) is 5.56 Å². The van der Waals surface area contributed by atoms with Crippen LogP contribution in [-0.2, 0) is 0 Å². The minimum absolute atomic E-state index is 0.139. The van der Waals surface area contributed by atoms with Crippen LogP contribution in [0.3, 0.4) is 0 Å². The fraction of sp³-hybridized carbons (Fsp3) is 0.125. The van der Waals surface area contributed by atoms with E-state index in [1.807, 2.05) is 43.3 Å². The molecule has 0 saturated carbocycles. The van der Waals surface area contributed by atoms with Gasteiger partial charge >= 0.3 is 0 Å². The summed E-state index contributed by atoms with van der Waals surface area (Å²) in [5, 5.41) is 3.43. The zero-order chi connectivity index (χ0) is 21.3. The van der Waals surface area contributed by atoms with Crippen LogP contribution in [0.1, 0.15) is 21.7 Å². The summed E-state index contributed by atoms with van der Waals surface area (Å²) in [7, 11) is 1.56. The number of aromatic nitrogens is 2. The SMILES string of the molecule is COc1ccc(C)cc1NC(=O)c1ccc(-n2c(C)nc3ccccc3c2=O)cc1. The number of carbonyl (C=O) groups is 1. The van der Waals surface area contributed by atoms with E-state index in [9.17, 15) is 9.59 Å². The predicted octanol–water partition coefficient (Wildman–Crippen LogP) is 4.26. The molecule has 0 bridgehead atoms. The molecular weight excluding hydrogens is 378 g/mol. The van der Waals surface area contributed by atoms with Crippen molar-refractivity contribution in [1.29, 1.82) is 0 Å². The third-order valence-electron chi connectivity index (χ3n) is 4.93. The van der Waals surface area contributed by atoms with Crippen LogP contribution >= 0.6 is 0 Å². The van der Waals surface area contributed by atoms with E-state index in [0.717, 1.165) is 5.56 Å². The van der Waals surface area contributed by atoms with Gasteiger partial charge in [0.25, 0.3) is 11.5 Å². The van der Waals surface area contributed by atoms with Gasteiger partial charge in [0.05, 0.1) is 29.4 Å². The summed E-state index contributed by atoms with van der Waals surface area (Å²) in [6.45, 7) is 3.74. The fourth-order valence-electron chi connectivity index (χ4n) is 3.42. The summed E-state index contributed by atoms with van der Waals surface area (Å²) < 4.78 is 6.86. The van der Waals surface area contributed by atoms with Gasteiger partial charge in [0.1, 0.15) is 11.6 Å². The number of para-hydroxylation sites is 1. The predicted molar refractivity (Wildman–Crippen MR) is 118 cm³/mol. The summed E-state index contributed by atoms with van der Waals surface area (Å²) in [5.74, 6) is 0.918. The largest absolute Gasteiger partial charge is 0.495 e. The molecule has 3 aromatic carbocycles. The van der Waals surface area contributed by atoms with E-state index in [0.29, 0.717) is 39.4 Å². The van der Waals surface area contributed by atoms with Crippen LogP contribution in [0.5, 0.6) is 5.75 Å². The molecule has 0 atom stereocenters. The number of benzene rings is 3. The monoisotopic (exact) mass is 399 g/mol. The van der Waals surface area contributed by atoms with Crippen molar-refractivity contribution in [3.05, 3.63) is 94.0 Å². The number of rotatable bonds is 4. The Balaban J connectivity index is 1.66. The second-order valence-electron chi connectivity index (χ2n) is 7.02. The molecular formula is C24H21N3O3. The van der Waals surface area contributed by atoms with E-state index in [1.54, 1.807) is 48.9 Å². The number of carbonyl (C=O) groups excluding carboxylic acids is 1. The highest BCUT2D eigenvalue weighted by Crippen LogP contribution is 2.26. The van der Waals surface area contributed by atoms with Crippen LogP contribution in [0.25, 0.3) is 16.6 Å². The lowest BCUT2D eigenvalue weighted by molar-refractivity contribution is 0.102. The Labute approximate surface area is 173 Å². The average molecular weight is 399 g/mol. The van der Waals surface area contributed by atoms with Crippen LogP contribution in [-0.4, -0.2) is 22.6 Å². The van der Waals surface area contributed by atoms with Crippen LogP contribution in [0.15, 0.2) is 71.5 Å². The highest BCUT2D eigenvalue weighted by molar-refractivity contribution is 6.05. The van der Waals surface area contributed by atoms with Gasteiger partial charge in [-0.05, 0) is 67.9 Å². The van der Waals surface area contributed by atoms with Gasteiger partial charge < -0.3 is 10.1 Å². The van der Waals surface area contributed by atoms with E-state index in [4.69, 9.17) is 4.74 Å². The summed E-state index contributed by atoms with van der Waals surface area (Å²) in [6.07, 6.45) is 0. The molecule has 0 radical (unpaired) electrons. The number of amides is 1. The number of aryl methyl sites for hydroxylation is 2. The van der Waals surface area contributed by atoms with Gasteiger partial charge in [-0.15, -0.1) is 0 Å². The smallest absolute Gasteiger partial charge is 0.265 e. The zero-order valence-corrected chi connectivity index (χ0v) is 17.0. The number of anilines is 1. The maximum absolute atomic E-state index is 12.9. The maximum Gasteiger partial charge on any atom is 0.265 e. The number of fused-ring (bicyclic) bond motifs is 1. The standard InChI is InChI=1S/C24H21N3O3/c1-15-8-13-22(30-3)21(14-15)26-23(28)17-9-11-18(12-10-17)27-16(2)25-20-7-5-4-6-19(20)24(27)29/h4-14H,1-3H3,(H,26,28). The third-order valence-corrected chi connectivity index (χ3v) is 4.93. The third kappa shape index (κ3) is 3.55. The van der Waals surface area contributed by atoms with E-state index in [-0.39, 0.29) is 11.5 Å². The minimum Gasteiger partial charge on any atom is -0.495 e. The summed E-state index contributed by atoms with van der Waals surface area (Å²) in [4.78, 5) is 30.2. The first-order valence-corrected chi connectivity index (χ1v) is 9.53. The van der Waals surface area contributed by atoms with E-state index < -0.39 is 0 Å². The molecule has 0 unspecified atom stereocenters. The first-order chi connectivity index (χ1) is 14.5. The molecule has 1 aromatic heterocycles. The van der Waals surface area contributed by atoms with Crippen molar-refractivity contribution >= 4 is 22.5 Å². The second kappa shape index (κ2) is 7.83. The molecule has 30 heavy (non-hydrogen) atoms. The van der Waals surface area contributed by atoms with Crippen LogP contribution < -0.4 is 15.6 Å². The normalized spacial score (nSPS) is 10.8. The van der Waals surface area contributed by atoms with E-state index >= 15 is 0 Å². The fourth-order valence-corrected chi connectivity index (χ4v) is 3.42. The van der Waals surface area contributed by atoms with Crippen molar-refractivity contribution in [3.8, 4) is 11.4 Å². The Bertz CT molecular complexity index is 1310. The lowest BCUT2D eigenvalue weighted by Gasteiger charge is -2.13. The molecule has 0 aliphatic heterocycles. The summed E-state index contributed by atoms with van der Waals surface area (Å²) in [6, 6.07) is 19.7. The summed E-state index contributed by atoms with van der Waals surface area (Å²) in [5.41, 5.74) is 3.28. The highest BCUT2D eigenvalue weighted by Gasteiger charge is 2.13. The van der Waals surface area contributed by atoms with Gasteiger partial charge in [0.15, 0.2) is 0 Å². The minimum atomic E-state index is -0.258. The molecule has 150 valence electrons. The van der Waals surface area contributed by atoms with Gasteiger partial charge in [-0.1, -0.05) is 18.2 Å². The van der Waals surface area contributed by atoms with Crippen molar-refractivity contribution in [2.75, 3.05) is 12.4 Å². The van der Waals surface area contributed by atoms with Crippen molar-refractivity contribution in [2.24, 2.45) is 0 Å². The van der Waals surface area contributed by atoms with E-state index in [2.05, 4.69) is 10.3 Å². The molecule has 0 aliphatic carbocycles. The topological polar surface area (TPSA) is 73.2 Å². The van der Waals surface area contributed by atoms with Gasteiger partial charge in [-0.3, -0.25) is 14.2 Å². The molecule has 0 spiro atoms. The van der Waals surface area contributed by atoms with Crippen molar-refractivity contribution < 1.29 is 9.53 Å². The Hall–Kier alpha value is -3.93. The van der Waals surface area contributed by atoms with E-state index in [1.165, 1.54) is 0 Å². The Morgan fingerprint density at radius 1 is 1.00 bits per heavy atom. The van der Waals surface area contributed by atoms with Gasteiger partial charge in [-0.25, -0.2) is 4.98 Å². The Kier molecular flexibility index (Phi) is 5.06. The number of ether oxygens (including phenoxy) is 1. The molecule has 6 heteroatoms. The first-order valence-electron chi connectivity index (χ1n) is 9.53. The molecule has 1 N–H and O–H groups in total. The molecule has 0 aliphatic rings. The zero-order valence-electron chi connectivity index (χ0n) is 17.0. The molecule has 4 rings (SSSR count). The number of nitrogens with one attached hydrogen (secondary N) is 1. The quantitative estimate of drug-likeness (QED) is 0.556. The number of hydrogen-bond donors (Lipinski definition) is 1. The number of hydrogen-bond acceptors (Lipinski definition) is 4. The number of methoxy groups -OCH3 is 1. The van der Waals surface area contributed by atoms with Crippen molar-refractivity contribution in [1.82, 2.24) is 9.55 Å². The van der Waals surface area contributed by atoms with Crippen LogP contribution in [0.4, 0.5) is 5.69 Å². The molecule has 1 heterocycles. The molecule has 6 nitrogen and oxygen atoms in total. The maximum atomic E-state index is 12.9. The second-order valence-corrected chi connectivity index (χ2v) is 7.02. The highest BCUT2D eigenvalue weighted by atomic mass is 16.5. The average Bonchev–Trinajstić information content (AvgIpc) is 2.74. The van der Waals surface area contributed by atoms with Crippen LogP contribution in [0.2, 0.25) is 0 Å².